The highest BCUT2D eigenvalue weighted by Crippen LogP contribution is 2.32. The van der Waals surface area contributed by atoms with Crippen LogP contribution in [0.3, 0.4) is 0 Å². The van der Waals surface area contributed by atoms with Crippen molar-refractivity contribution in [3.8, 4) is 11.5 Å². The van der Waals surface area contributed by atoms with Crippen LogP contribution in [0.15, 0.2) is 82.8 Å². The molecule has 0 spiro atoms. The van der Waals surface area contributed by atoms with Crippen LogP contribution in [0.4, 0.5) is 0 Å². The van der Waals surface area contributed by atoms with E-state index in [1.807, 2.05) is 72.8 Å². The SMILES string of the molecule is COc1cccc(C2=N[C](c3ccccc3Cl)N=C2c2cccc(OC)c2)c1. The highest BCUT2D eigenvalue weighted by atomic mass is 35.5. The number of hydrogen-bond donors (Lipinski definition) is 0. The lowest BCUT2D eigenvalue weighted by molar-refractivity contribution is 0.414. The molecule has 0 N–H and O–H groups in total. The molecule has 28 heavy (non-hydrogen) atoms. The Morgan fingerprint density at radius 2 is 1.21 bits per heavy atom. The molecule has 0 atom stereocenters. The topological polar surface area (TPSA) is 43.2 Å². The van der Waals surface area contributed by atoms with Gasteiger partial charge in [-0.1, -0.05) is 54.1 Å². The summed E-state index contributed by atoms with van der Waals surface area (Å²) in [6.07, 6.45) is 0.584. The van der Waals surface area contributed by atoms with Gasteiger partial charge in [-0.3, -0.25) is 0 Å². The minimum absolute atomic E-state index is 0.584. The van der Waals surface area contributed by atoms with Crippen LogP contribution < -0.4 is 9.47 Å². The van der Waals surface area contributed by atoms with Gasteiger partial charge in [0.15, 0.2) is 0 Å². The smallest absolute Gasteiger partial charge is 0.227 e. The fourth-order valence-corrected chi connectivity index (χ4v) is 3.27. The molecule has 139 valence electrons. The minimum Gasteiger partial charge on any atom is -0.497 e. The highest BCUT2D eigenvalue weighted by molar-refractivity contribution is 6.55. The maximum Gasteiger partial charge on any atom is 0.227 e. The third-order valence-corrected chi connectivity index (χ3v) is 4.79. The molecular weight excluding hydrogens is 372 g/mol. The normalized spacial score (nSPS) is 13.8. The summed E-state index contributed by atoms with van der Waals surface area (Å²) in [5.74, 6) is 1.52. The summed E-state index contributed by atoms with van der Waals surface area (Å²) in [5.41, 5.74) is 4.16. The molecule has 1 radical (unpaired) electrons. The van der Waals surface area contributed by atoms with Gasteiger partial charge in [-0.2, -0.15) is 0 Å². The molecule has 5 heteroatoms. The van der Waals surface area contributed by atoms with Gasteiger partial charge in [0, 0.05) is 21.7 Å². The van der Waals surface area contributed by atoms with Crippen LogP contribution in [-0.2, 0) is 0 Å². The van der Waals surface area contributed by atoms with E-state index >= 15 is 0 Å². The standard InChI is InChI=1S/C23H18ClN2O2/c1-27-17-9-5-7-15(13-17)21-22(16-8-6-10-18(14-16)28-2)26-23(25-21)19-11-3-4-12-20(19)24/h3-14H,1-2H3. The van der Waals surface area contributed by atoms with Crippen molar-refractivity contribution in [2.24, 2.45) is 9.98 Å². The van der Waals surface area contributed by atoms with E-state index in [-0.39, 0.29) is 0 Å². The number of ether oxygens (including phenoxy) is 2. The molecule has 4 nitrogen and oxygen atoms in total. The van der Waals surface area contributed by atoms with Gasteiger partial charge in [0.2, 0.25) is 6.17 Å². The lowest BCUT2D eigenvalue weighted by atomic mass is 10.00. The molecule has 0 amide bonds. The number of aliphatic imine (C=N–C) groups is 2. The Kier molecular flexibility index (Phi) is 5.13. The predicted octanol–water partition coefficient (Wildman–Crippen LogP) is 5.19. The molecule has 0 saturated heterocycles. The fourth-order valence-electron chi connectivity index (χ4n) is 3.05. The Bertz CT molecular complexity index is 1010. The van der Waals surface area contributed by atoms with Crippen molar-refractivity contribution in [1.29, 1.82) is 0 Å². The second-order valence-electron chi connectivity index (χ2n) is 6.19. The molecule has 1 heterocycles. The Hall–Kier alpha value is -3.11. The molecular formula is C23H18ClN2O2. The number of rotatable bonds is 5. The number of hydrogen-bond acceptors (Lipinski definition) is 4. The monoisotopic (exact) mass is 389 g/mol. The molecule has 0 aromatic heterocycles. The van der Waals surface area contributed by atoms with Crippen molar-refractivity contribution in [3.05, 3.63) is 101 Å². The van der Waals surface area contributed by atoms with Crippen molar-refractivity contribution < 1.29 is 9.47 Å². The van der Waals surface area contributed by atoms with Crippen molar-refractivity contribution in [1.82, 2.24) is 0 Å². The van der Waals surface area contributed by atoms with E-state index in [9.17, 15) is 0 Å². The third-order valence-electron chi connectivity index (χ3n) is 4.46. The molecule has 3 aromatic carbocycles. The second-order valence-corrected chi connectivity index (χ2v) is 6.60. The summed E-state index contributed by atoms with van der Waals surface area (Å²) in [6.45, 7) is 0. The van der Waals surface area contributed by atoms with Crippen LogP contribution >= 0.6 is 11.6 Å². The number of benzene rings is 3. The summed E-state index contributed by atoms with van der Waals surface area (Å²) in [5, 5.41) is 0.613. The van der Waals surface area contributed by atoms with E-state index in [1.165, 1.54) is 0 Å². The number of methoxy groups -OCH3 is 2. The zero-order valence-electron chi connectivity index (χ0n) is 15.5. The Balaban J connectivity index is 1.85. The van der Waals surface area contributed by atoms with Crippen molar-refractivity contribution >= 4 is 23.0 Å². The van der Waals surface area contributed by atoms with Gasteiger partial charge in [0.05, 0.1) is 25.6 Å². The first kappa shape index (κ1) is 18.3. The van der Waals surface area contributed by atoms with Crippen molar-refractivity contribution in [2.45, 2.75) is 0 Å². The van der Waals surface area contributed by atoms with Crippen LogP contribution in [-0.4, -0.2) is 25.6 Å². The van der Waals surface area contributed by atoms with Crippen molar-refractivity contribution in [2.75, 3.05) is 14.2 Å². The molecule has 1 aliphatic rings. The van der Waals surface area contributed by atoms with Gasteiger partial charge in [-0.25, -0.2) is 9.98 Å². The molecule has 0 saturated carbocycles. The van der Waals surface area contributed by atoms with E-state index < -0.39 is 0 Å². The molecule has 3 aromatic rings. The van der Waals surface area contributed by atoms with E-state index in [0.717, 1.165) is 39.6 Å². The summed E-state index contributed by atoms with van der Waals surface area (Å²) in [7, 11) is 3.29. The van der Waals surface area contributed by atoms with Gasteiger partial charge in [-0.05, 0) is 30.3 Å². The molecule has 0 fully saturated rings. The molecule has 1 aliphatic heterocycles. The van der Waals surface area contributed by atoms with Gasteiger partial charge < -0.3 is 9.47 Å². The van der Waals surface area contributed by atoms with E-state index in [0.29, 0.717) is 11.2 Å². The summed E-state index contributed by atoms with van der Waals surface area (Å²) >= 11 is 6.39. The summed E-state index contributed by atoms with van der Waals surface area (Å²) < 4.78 is 10.8. The number of nitrogens with zero attached hydrogens (tertiary/aromatic N) is 2. The maximum absolute atomic E-state index is 6.39. The Morgan fingerprint density at radius 1 is 0.679 bits per heavy atom. The fraction of sp³-hybridized carbons (Fsp3) is 0.0870. The molecule has 4 rings (SSSR count). The first-order valence-electron chi connectivity index (χ1n) is 8.78. The van der Waals surface area contributed by atoms with Crippen LogP contribution in [0.25, 0.3) is 0 Å². The first-order valence-corrected chi connectivity index (χ1v) is 9.16. The Morgan fingerprint density at radius 3 is 1.71 bits per heavy atom. The van der Waals surface area contributed by atoms with Crippen LogP contribution in [0.5, 0.6) is 11.5 Å². The van der Waals surface area contributed by atoms with E-state index in [2.05, 4.69) is 0 Å². The third kappa shape index (κ3) is 3.51. The largest absolute Gasteiger partial charge is 0.497 e. The minimum atomic E-state index is 0.584. The van der Waals surface area contributed by atoms with Crippen LogP contribution in [0.2, 0.25) is 5.02 Å². The lowest BCUT2D eigenvalue weighted by Crippen LogP contribution is -2.14. The van der Waals surface area contributed by atoms with Gasteiger partial charge >= 0.3 is 0 Å². The zero-order chi connectivity index (χ0) is 19.5. The Labute approximate surface area is 169 Å². The predicted molar refractivity (Wildman–Crippen MR) is 113 cm³/mol. The second kappa shape index (κ2) is 7.87. The van der Waals surface area contributed by atoms with E-state index in [4.69, 9.17) is 31.1 Å². The zero-order valence-corrected chi connectivity index (χ0v) is 16.3. The molecule has 0 unspecified atom stereocenters. The van der Waals surface area contributed by atoms with Crippen LogP contribution in [0.1, 0.15) is 16.7 Å². The lowest BCUT2D eigenvalue weighted by Gasteiger charge is -2.08. The van der Waals surface area contributed by atoms with Gasteiger partial charge in [0.1, 0.15) is 11.5 Å². The maximum atomic E-state index is 6.39. The average molecular weight is 390 g/mol. The highest BCUT2D eigenvalue weighted by Gasteiger charge is 2.27. The molecule has 0 aliphatic carbocycles. The summed E-state index contributed by atoms with van der Waals surface area (Å²) in [4.78, 5) is 9.65. The number of halogens is 1. The molecule has 0 bridgehead atoms. The van der Waals surface area contributed by atoms with E-state index in [1.54, 1.807) is 14.2 Å². The summed E-state index contributed by atoms with van der Waals surface area (Å²) in [6, 6.07) is 23.1. The first-order chi connectivity index (χ1) is 13.7. The van der Waals surface area contributed by atoms with Crippen molar-refractivity contribution in [3.63, 3.8) is 0 Å². The quantitative estimate of drug-likeness (QED) is 0.602. The van der Waals surface area contributed by atoms with Gasteiger partial charge in [0.25, 0.3) is 0 Å². The average Bonchev–Trinajstić information content (AvgIpc) is 3.19. The van der Waals surface area contributed by atoms with Gasteiger partial charge in [-0.15, -0.1) is 0 Å². The van der Waals surface area contributed by atoms with Crippen LogP contribution in [0, 0.1) is 6.17 Å².